The van der Waals surface area contributed by atoms with Crippen LogP contribution < -0.4 is 0 Å². The molecule has 0 aromatic rings. The van der Waals surface area contributed by atoms with E-state index in [4.69, 9.17) is 0 Å². The van der Waals surface area contributed by atoms with Crippen molar-refractivity contribution in [2.45, 2.75) is 0 Å². The second kappa shape index (κ2) is 2.32. The van der Waals surface area contributed by atoms with Crippen molar-refractivity contribution in [3.63, 3.8) is 0 Å². The molecule has 0 amide bonds. The van der Waals surface area contributed by atoms with Crippen LogP contribution in [0.25, 0.3) is 0 Å². The molecule has 1 rings (SSSR count). The fourth-order valence-electron chi connectivity index (χ4n) is 0.349. The molecule has 44 valence electrons. The molecule has 0 spiro atoms. The second-order valence-electron chi connectivity index (χ2n) is 1.12. The Kier molecular flexibility index (Phi) is 1.69. The molecule has 1 heterocycles. The third-order valence-electron chi connectivity index (χ3n) is 0.621. The van der Waals surface area contributed by atoms with Crippen LogP contribution in [0.4, 0.5) is 0 Å². The van der Waals surface area contributed by atoms with E-state index in [1.165, 1.54) is 11.8 Å². The van der Waals surface area contributed by atoms with Crippen LogP contribution in [0, 0.1) is 0 Å². The van der Waals surface area contributed by atoms with Crippen molar-refractivity contribution in [2.24, 2.45) is 4.99 Å². The summed E-state index contributed by atoms with van der Waals surface area (Å²) >= 11 is 1.23. The molecule has 0 unspecified atom stereocenters. The minimum absolute atomic E-state index is 0.199. The molecule has 0 radical (unpaired) electrons. The van der Waals surface area contributed by atoms with Crippen LogP contribution in [0.15, 0.2) is 4.99 Å². The summed E-state index contributed by atoms with van der Waals surface area (Å²) in [6.45, 7) is 0. The summed E-state index contributed by atoms with van der Waals surface area (Å²) in [6, 6.07) is 0. The standard InChI is InChI=1S/C3H3NO2S2/c5-8(6)3-4-1-2-7-3/h1H,2H2. The zero-order valence-corrected chi connectivity index (χ0v) is 5.50. The van der Waals surface area contributed by atoms with Gasteiger partial charge in [0, 0.05) is 12.0 Å². The first-order chi connectivity index (χ1) is 3.80. The predicted molar refractivity (Wildman–Crippen MR) is 34.9 cm³/mol. The van der Waals surface area contributed by atoms with Gasteiger partial charge in [0.25, 0.3) is 0 Å². The summed E-state index contributed by atoms with van der Waals surface area (Å²) in [7, 11) is -2.11. The molecule has 0 saturated carbocycles. The average Bonchev–Trinajstić information content (AvgIpc) is 2.12. The molecule has 0 fully saturated rings. The maximum absolute atomic E-state index is 10.0. The smallest absolute Gasteiger partial charge is 0.238 e. The van der Waals surface area contributed by atoms with Gasteiger partial charge in [0.2, 0.25) is 14.6 Å². The molecule has 5 heteroatoms. The van der Waals surface area contributed by atoms with Crippen LogP contribution in [0.3, 0.4) is 0 Å². The molecule has 8 heavy (non-hydrogen) atoms. The highest BCUT2D eigenvalue weighted by molar-refractivity contribution is 8.22. The summed E-state index contributed by atoms with van der Waals surface area (Å²) in [4.78, 5) is 3.58. The molecule has 0 aromatic carbocycles. The topological polar surface area (TPSA) is 46.5 Å². The first kappa shape index (κ1) is 5.84. The fraction of sp³-hybridized carbons (Fsp3) is 0.333. The van der Waals surface area contributed by atoms with Crippen LogP contribution in [0.5, 0.6) is 0 Å². The van der Waals surface area contributed by atoms with Crippen LogP contribution in [-0.4, -0.2) is 24.7 Å². The van der Waals surface area contributed by atoms with Crippen molar-refractivity contribution in [1.82, 2.24) is 0 Å². The largest absolute Gasteiger partial charge is 0.247 e. The van der Waals surface area contributed by atoms with Gasteiger partial charge >= 0.3 is 0 Å². The highest BCUT2D eigenvalue weighted by atomic mass is 32.2. The molecule has 0 aromatic heterocycles. The van der Waals surface area contributed by atoms with E-state index in [0.29, 0.717) is 5.75 Å². The van der Waals surface area contributed by atoms with Crippen molar-refractivity contribution >= 4 is 32.6 Å². The van der Waals surface area contributed by atoms with Crippen molar-refractivity contribution in [3.05, 3.63) is 0 Å². The quantitative estimate of drug-likeness (QED) is 0.447. The molecule has 0 N–H and O–H groups in total. The third-order valence-corrected chi connectivity index (χ3v) is 2.44. The molecule has 0 atom stereocenters. The maximum Gasteiger partial charge on any atom is 0.247 e. The van der Waals surface area contributed by atoms with E-state index in [-0.39, 0.29) is 4.32 Å². The Labute approximate surface area is 52.3 Å². The van der Waals surface area contributed by atoms with Crippen molar-refractivity contribution < 1.29 is 8.42 Å². The molecular weight excluding hydrogens is 146 g/mol. The predicted octanol–water partition coefficient (Wildman–Crippen LogP) is -0.229. The highest BCUT2D eigenvalue weighted by Crippen LogP contribution is 2.07. The zero-order valence-electron chi connectivity index (χ0n) is 3.86. The Morgan fingerprint density at radius 1 is 1.75 bits per heavy atom. The van der Waals surface area contributed by atoms with E-state index in [1.807, 2.05) is 0 Å². The lowest BCUT2D eigenvalue weighted by atomic mass is 10.9. The first-order valence-electron chi connectivity index (χ1n) is 1.92. The molecule has 0 saturated heterocycles. The van der Waals surface area contributed by atoms with E-state index in [1.54, 1.807) is 6.21 Å². The Balaban J connectivity index is 3.07. The summed E-state index contributed by atoms with van der Waals surface area (Å²) in [5.41, 5.74) is 0. The van der Waals surface area contributed by atoms with E-state index >= 15 is 0 Å². The maximum atomic E-state index is 10.0. The van der Waals surface area contributed by atoms with Gasteiger partial charge in [-0.15, -0.1) is 0 Å². The summed E-state index contributed by atoms with van der Waals surface area (Å²) in [5, 5.41) is 0. The van der Waals surface area contributed by atoms with Gasteiger partial charge in [-0.1, -0.05) is 11.8 Å². The van der Waals surface area contributed by atoms with Crippen LogP contribution in [0.1, 0.15) is 0 Å². The average molecular weight is 149 g/mol. The number of hydrogen-bond acceptors (Lipinski definition) is 3. The number of nitrogens with zero attached hydrogens (tertiary/aromatic N) is 1. The van der Waals surface area contributed by atoms with Crippen molar-refractivity contribution in [3.8, 4) is 0 Å². The molecule has 1 aliphatic rings. The lowest BCUT2D eigenvalue weighted by Gasteiger charge is -1.74. The second-order valence-corrected chi connectivity index (χ2v) is 3.25. The summed E-state index contributed by atoms with van der Waals surface area (Å²) in [6.07, 6.45) is 1.58. The Morgan fingerprint density at radius 2 is 2.50 bits per heavy atom. The molecule has 1 aliphatic heterocycles. The van der Waals surface area contributed by atoms with Crippen LogP contribution in [0.2, 0.25) is 0 Å². The number of thioether (sulfide) groups is 1. The van der Waals surface area contributed by atoms with Crippen molar-refractivity contribution in [1.29, 1.82) is 0 Å². The molecular formula is C3H3NO2S2. The minimum atomic E-state index is -2.11. The van der Waals surface area contributed by atoms with Gasteiger partial charge in [-0.25, -0.2) is 4.99 Å². The SMILES string of the molecule is O=S(=O)=C1N=CCS1. The molecule has 0 aliphatic carbocycles. The van der Waals surface area contributed by atoms with E-state index in [9.17, 15) is 8.42 Å². The van der Waals surface area contributed by atoms with Crippen LogP contribution in [-0.2, 0) is 10.3 Å². The minimum Gasteiger partial charge on any atom is -0.238 e. The van der Waals surface area contributed by atoms with Gasteiger partial charge in [0.05, 0.1) is 0 Å². The van der Waals surface area contributed by atoms with Gasteiger partial charge in [-0.2, -0.15) is 8.42 Å². The van der Waals surface area contributed by atoms with E-state index in [0.717, 1.165) is 0 Å². The van der Waals surface area contributed by atoms with Crippen molar-refractivity contribution in [2.75, 3.05) is 5.75 Å². The van der Waals surface area contributed by atoms with Crippen LogP contribution >= 0.6 is 11.8 Å². The van der Waals surface area contributed by atoms with E-state index in [2.05, 4.69) is 4.99 Å². The highest BCUT2D eigenvalue weighted by Gasteiger charge is 2.02. The third kappa shape index (κ3) is 1.10. The zero-order chi connectivity index (χ0) is 5.98. The van der Waals surface area contributed by atoms with Gasteiger partial charge in [-0.3, -0.25) is 0 Å². The Bertz CT molecular complexity index is 230. The Hall–Kier alpha value is -0.290. The van der Waals surface area contributed by atoms with Gasteiger partial charge in [0.15, 0.2) is 0 Å². The number of hydrogen-bond donors (Lipinski definition) is 0. The lowest BCUT2D eigenvalue weighted by molar-refractivity contribution is 0.627. The normalized spacial score (nSPS) is 17.2. The van der Waals surface area contributed by atoms with Gasteiger partial charge < -0.3 is 0 Å². The molecule has 3 nitrogen and oxygen atoms in total. The van der Waals surface area contributed by atoms with Gasteiger partial charge in [0.1, 0.15) is 0 Å². The Morgan fingerprint density at radius 3 is 2.75 bits per heavy atom. The van der Waals surface area contributed by atoms with Gasteiger partial charge in [-0.05, 0) is 0 Å². The summed E-state index contributed by atoms with van der Waals surface area (Å²) < 4.78 is 20.3. The summed E-state index contributed by atoms with van der Waals surface area (Å²) in [5.74, 6) is 0.684. The molecule has 0 bridgehead atoms. The first-order valence-corrected chi connectivity index (χ1v) is 3.98. The number of rotatable bonds is 0. The number of aliphatic imine (C=N–C) groups is 1. The van der Waals surface area contributed by atoms with E-state index < -0.39 is 10.3 Å². The lowest BCUT2D eigenvalue weighted by Crippen LogP contribution is -1.79. The monoisotopic (exact) mass is 149 g/mol. The fourth-order valence-corrected chi connectivity index (χ4v) is 1.54.